The summed E-state index contributed by atoms with van der Waals surface area (Å²) in [6.07, 6.45) is 4.20. The fourth-order valence-corrected chi connectivity index (χ4v) is 2.37. The van der Waals surface area contributed by atoms with Crippen LogP contribution < -0.4 is 5.32 Å². The molecule has 1 saturated carbocycles. The summed E-state index contributed by atoms with van der Waals surface area (Å²) >= 11 is 1.84. The Morgan fingerprint density at radius 1 is 1.50 bits per heavy atom. The van der Waals surface area contributed by atoms with Crippen LogP contribution in [-0.4, -0.2) is 6.54 Å². The molecule has 1 heterocycles. The molecule has 0 radical (unpaired) electrons. The van der Waals surface area contributed by atoms with Crippen molar-refractivity contribution >= 4 is 23.7 Å². The van der Waals surface area contributed by atoms with E-state index in [1.54, 1.807) is 0 Å². The molecule has 0 aliphatic heterocycles. The maximum absolute atomic E-state index is 3.55. The summed E-state index contributed by atoms with van der Waals surface area (Å²) in [5, 5.41) is 5.69. The van der Waals surface area contributed by atoms with E-state index in [2.05, 4.69) is 29.8 Å². The van der Waals surface area contributed by atoms with Crippen LogP contribution in [0.15, 0.2) is 17.5 Å². The Kier molecular flexibility index (Phi) is 4.42. The molecule has 1 aromatic rings. The highest BCUT2D eigenvalue weighted by Gasteiger charge is 2.39. The fraction of sp³-hybridized carbons (Fsp3) is 0.636. The molecule has 1 aliphatic rings. The topological polar surface area (TPSA) is 12.0 Å². The van der Waals surface area contributed by atoms with Gasteiger partial charge in [0.2, 0.25) is 0 Å². The van der Waals surface area contributed by atoms with Crippen LogP contribution in [-0.2, 0) is 6.54 Å². The summed E-state index contributed by atoms with van der Waals surface area (Å²) in [5.41, 5.74) is 0.678. The average molecular weight is 232 g/mol. The van der Waals surface area contributed by atoms with E-state index in [-0.39, 0.29) is 12.4 Å². The van der Waals surface area contributed by atoms with Crippen LogP contribution in [0.5, 0.6) is 0 Å². The van der Waals surface area contributed by atoms with Crippen LogP contribution in [0.4, 0.5) is 0 Å². The first-order chi connectivity index (χ1) is 6.35. The van der Waals surface area contributed by atoms with Crippen molar-refractivity contribution in [3.8, 4) is 0 Å². The molecule has 1 aromatic heterocycles. The first kappa shape index (κ1) is 12.0. The lowest BCUT2D eigenvalue weighted by atomic mass is 10.0. The molecule has 0 unspecified atom stereocenters. The monoisotopic (exact) mass is 231 g/mol. The summed E-state index contributed by atoms with van der Waals surface area (Å²) < 4.78 is 0. The zero-order valence-electron chi connectivity index (χ0n) is 8.58. The van der Waals surface area contributed by atoms with Gasteiger partial charge >= 0.3 is 0 Å². The van der Waals surface area contributed by atoms with Gasteiger partial charge in [0.15, 0.2) is 0 Å². The smallest absolute Gasteiger partial charge is 0.0299 e. The number of hydrogen-bond acceptors (Lipinski definition) is 2. The van der Waals surface area contributed by atoms with Crippen LogP contribution >= 0.6 is 23.7 Å². The Labute approximate surface area is 96.3 Å². The highest BCUT2D eigenvalue weighted by molar-refractivity contribution is 7.09. The predicted molar refractivity (Wildman–Crippen MR) is 65.2 cm³/mol. The Morgan fingerprint density at radius 2 is 2.29 bits per heavy atom. The van der Waals surface area contributed by atoms with Crippen molar-refractivity contribution in [2.45, 2.75) is 32.7 Å². The van der Waals surface area contributed by atoms with Crippen molar-refractivity contribution in [1.82, 2.24) is 5.32 Å². The highest BCUT2D eigenvalue weighted by atomic mass is 35.5. The third-order valence-corrected chi connectivity index (χ3v) is 3.96. The van der Waals surface area contributed by atoms with Gasteiger partial charge in [-0.3, -0.25) is 0 Å². The van der Waals surface area contributed by atoms with Gasteiger partial charge in [0.05, 0.1) is 0 Å². The number of nitrogens with one attached hydrogen (secondary N) is 1. The molecule has 0 spiro atoms. The summed E-state index contributed by atoms with van der Waals surface area (Å²) in [6.45, 7) is 4.57. The minimum absolute atomic E-state index is 0. The summed E-state index contributed by atoms with van der Waals surface area (Å²) in [7, 11) is 0. The van der Waals surface area contributed by atoms with E-state index >= 15 is 0 Å². The Balaban J connectivity index is 0.000000980. The van der Waals surface area contributed by atoms with Crippen molar-refractivity contribution in [3.63, 3.8) is 0 Å². The van der Waals surface area contributed by atoms with Crippen LogP contribution in [0.2, 0.25) is 0 Å². The first-order valence-corrected chi connectivity index (χ1v) is 5.96. The molecule has 0 saturated heterocycles. The molecule has 0 aromatic carbocycles. The molecule has 0 bridgehead atoms. The van der Waals surface area contributed by atoms with Gasteiger partial charge in [-0.15, -0.1) is 23.7 Å². The van der Waals surface area contributed by atoms with E-state index in [9.17, 15) is 0 Å². The van der Waals surface area contributed by atoms with E-state index in [0.717, 1.165) is 6.54 Å². The van der Waals surface area contributed by atoms with Gasteiger partial charge in [0, 0.05) is 18.0 Å². The third kappa shape index (κ3) is 2.97. The summed E-state index contributed by atoms with van der Waals surface area (Å²) in [5.74, 6) is 0. The zero-order chi connectivity index (χ0) is 9.15. The Bertz CT molecular complexity index is 254. The fourth-order valence-electron chi connectivity index (χ4n) is 1.70. The average Bonchev–Trinajstić information content (AvgIpc) is 2.74. The van der Waals surface area contributed by atoms with E-state index in [1.165, 1.54) is 30.7 Å². The van der Waals surface area contributed by atoms with Gasteiger partial charge in [0.1, 0.15) is 0 Å². The van der Waals surface area contributed by atoms with Crippen LogP contribution in [0, 0.1) is 5.41 Å². The SMILES string of the molecule is CCC1(CNCc2cccs2)CC1.Cl. The van der Waals surface area contributed by atoms with E-state index in [4.69, 9.17) is 0 Å². The lowest BCUT2D eigenvalue weighted by Crippen LogP contribution is -2.22. The molecule has 1 fully saturated rings. The molecule has 14 heavy (non-hydrogen) atoms. The number of thiophene rings is 1. The second-order valence-electron chi connectivity index (χ2n) is 4.04. The predicted octanol–water partition coefficient (Wildman–Crippen LogP) is 3.45. The first-order valence-electron chi connectivity index (χ1n) is 5.08. The molecule has 0 atom stereocenters. The zero-order valence-corrected chi connectivity index (χ0v) is 10.2. The van der Waals surface area contributed by atoms with E-state index in [1.807, 2.05) is 11.3 Å². The van der Waals surface area contributed by atoms with Crippen molar-refractivity contribution in [3.05, 3.63) is 22.4 Å². The molecular formula is C11H18ClNS. The number of halogens is 1. The van der Waals surface area contributed by atoms with Crippen molar-refractivity contribution < 1.29 is 0 Å². The van der Waals surface area contributed by atoms with Crippen LogP contribution in [0.1, 0.15) is 31.1 Å². The molecular weight excluding hydrogens is 214 g/mol. The second kappa shape index (κ2) is 5.15. The number of hydrogen-bond donors (Lipinski definition) is 1. The van der Waals surface area contributed by atoms with Crippen LogP contribution in [0.3, 0.4) is 0 Å². The summed E-state index contributed by atoms with van der Waals surface area (Å²) in [6, 6.07) is 4.32. The highest BCUT2D eigenvalue weighted by Crippen LogP contribution is 2.47. The lowest BCUT2D eigenvalue weighted by Gasteiger charge is -2.12. The maximum Gasteiger partial charge on any atom is 0.0299 e. The van der Waals surface area contributed by atoms with Crippen molar-refractivity contribution in [2.24, 2.45) is 5.41 Å². The van der Waals surface area contributed by atoms with E-state index in [0.29, 0.717) is 5.41 Å². The van der Waals surface area contributed by atoms with Gasteiger partial charge < -0.3 is 5.32 Å². The number of rotatable bonds is 5. The standard InChI is InChI=1S/C11H17NS.ClH/c1-2-11(5-6-11)9-12-8-10-4-3-7-13-10;/h3-4,7,12H,2,5-6,8-9H2,1H3;1H. The van der Waals surface area contributed by atoms with Crippen molar-refractivity contribution in [1.29, 1.82) is 0 Å². The van der Waals surface area contributed by atoms with Gasteiger partial charge in [-0.2, -0.15) is 0 Å². The van der Waals surface area contributed by atoms with Crippen molar-refractivity contribution in [2.75, 3.05) is 6.54 Å². The summed E-state index contributed by atoms with van der Waals surface area (Å²) in [4.78, 5) is 1.45. The molecule has 2 rings (SSSR count). The van der Waals surface area contributed by atoms with Crippen LogP contribution in [0.25, 0.3) is 0 Å². The third-order valence-electron chi connectivity index (χ3n) is 3.09. The van der Waals surface area contributed by atoms with Gasteiger partial charge in [-0.1, -0.05) is 13.0 Å². The normalized spacial score (nSPS) is 17.5. The molecule has 1 N–H and O–H groups in total. The molecule has 1 nitrogen and oxygen atoms in total. The quantitative estimate of drug-likeness (QED) is 0.819. The molecule has 3 heteroatoms. The second-order valence-corrected chi connectivity index (χ2v) is 5.07. The van der Waals surface area contributed by atoms with E-state index < -0.39 is 0 Å². The lowest BCUT2D eigenvalue weighted by molar-refractivity contribution is 0.444. The van der Waals surface area contributed by atoms with Gasteiger partial charge in [-0.05, 0) is 36.1 Å². The molecule has 0 amide bonds. The largest absolute Gasteiger partial charge is 0.311 e. The minimum Gasteiger partial charge on any atom is -0.311 e. The minimum atomic E-state index is 0. The Morgan fingerprint density at radius 3 is 2.79 bits per heavy atom. The Hall–Kier alpha value is -0.0500. The van der Waals surface area contributed by atoms with Gasteiger partial charge in [-0.25, -0.2) is 0 Å². The molecule has 80 valence electrons. The molecule has 1 aliphatic carbocycles. The van der Waals surface area contributed by atoms with Gasteiger partial charge in [0.25, 0.3) is 0 Å². The maximum atomic E-state index is 3.55.